The number of hydrogen-bond donors (Lipinski definition) is 1. The molecule has 2 aliphatic heterocycles. The molecule has 0 amide bonds. The van der Waals surface area contributed by atoms with E-state index in [2.05, 4.69) is 61.7 Å². The van der Waals surface area contributed by atoms with Gasteiger partial charge in [-0.1, -0.05) is 19.1 Å². The van der Waals surface area contributed by atoms with Gasteiger partial charge in [-0.3, -0.25) is 4.57 Å². The van der Waals surface area contributed by atoms with Gasteiger partial charge in [-0.2, -0.15) is 0 Å². The first kappa shape index (κ1) is 20.2. The van der Waals surface area contributed by atoms with Gasteiger partial charge >= 0.3 is 0 Å². The molecule has 6 heteroatoms. The predicted molar refractivity (Wildman–Crippen MR) is 130 cm³/mol. The molecule has 0 radical (unpaired) electrons. The van der Waals surface area contributed by atoms with Gasteiger partial charge in [0, 0.05) is 49.5 Å². The van der Waals surface area contributed by atoms with Crippen LogP contribution in [-0.4, -0.2) is 40.8 Å². The highest BCUT2D eigenvalue weighted by Crippen LogP contribution is 2.36. The molecule has 0 unspecified atom stereocenters. The van der Waals surface area contributed by atoms with Crippen molar-refractivity contribution in [2.24, 2.45) is 11.8 Å². The van der Waals surface area contributed by atoms with Crippen LogP contribution in [0.5, 0.6) is 0 Å². The molecule has 2 aromatic carbocycles. The van der Waals surface area contributed by atoms with E-state index in [9.17, 15) is 4.39 Å². The third-order valence-corrected chi connectivity index (χ3v) is 7.21. The number of aromatic nitrogens is 3. The molecule has 0 bridgehead atoms. The monoisotopic (exact) mass is 441 g/mol. The third-order valence-electron chi connectivity index (χ3n) is 7.21. The molecule has 4 heterocycles. The number of nitrogens with zero attached hydrogens (tertiary/aromatic N) is 4. The van der Waals surface area contributed by atoms with E-state index < -0.39 is 0 Å². The molecule has 5 nitrogen and oxygen atoms in total. The summed E-state index contributed by atoms with van der Waals surface area (Å²) >= 11 is 0. The molecule has 4 aromatic rings. The van der Waals surface area contributed by atoms with Crippen LogP contribution in [0.15, 0.2) is 67.1 Å². The van der Waals surface area contributed by atoms with E-state index in [0.29, 0.717) is 11.8 Å². The van der Waals surface area contributed by atoms with Crippen LogP contribution in [0.4, 0.5) is 10.1 Å². The molecular weight excluding hydrogens is 413 g/mol. The molecular formula is C27H28FN5. The van der Waals surface area contributed by atoms with E-state index in [1.807, 2.05) is 31.6 Å². The maximum absolute atomic E-state index is 13.4. The van der Waals surface area contributed by atoms with Crippen molar-refractivity contribution in [2.45, 2.75) is 13.5 Å². The van der Waals surface area contributed by atoms with Crippen LogP contribution in [0.1, 0.15) is 12.5 Å². The van der Waals surface area contributed by atoms with E-state index in [4.69, 9.17) is 0 Å². The van der Waals surface area contributed by atoms with Crippen LogP contribution in [0.25, 0.3) is 28.3 Å². The lowest BCUT2D eigenvalue weighted by Gasteiger charge is -2.21. The second-order valence-electron chi connectivity index (χ2n) is 9.38. The lowest BCUT2D eigenvalue weighted by molar-refractivity contribution is 0.435. The summed E-state index contributed by atoms with van der Waals surface area (Å²) in [7, 11) is 2.04. The van der Waals surface area contributed by atoms with Crippen molar-refractivity contribution in [3.8, 4) is 28.3 Å². The molecule has 2 atom stereocenters. The summed E-state index contributed by atoms with van der Waals surface area (Å²) in [5.41, 5.74) is 6.89. The van der Waals surface area contributed by atoms with Crippen molar-refractivity contribution >= 4 is 5.69 Å². The minimum absolute atomic E-state index is 0.218. The normalized spacial score (nSPS) is 19.2. The Morgan fingerprint density at radius 3 is 2.73 bits per heavy atom. The van der Waals surface area contributed by atoms with Crippen molar-refractivity contribution in [3.63, 3.8) is 0 Å². The molecule has 6 rings (SSSR count). The molecule has 2 aromatic heterocycles. The van der Waals surface area contributed by atoms with Crippen molar-refractivity contribution in [1.29, 1.82) is 0 Å². The van der Waals surface area contributed by atoms with Crippen LogP contribution in [0.2, 0.25) is 0 Å². The Morgan fingerprint density at radius 1 is 1.06 bits per heavy atom. The number of rotatable bonds is 4. The molecule has 0 aliphatic carbocycles. The molecule has 1 fully saturated rings. The second-order valence-corrected chi connectivity index (χ2v) is 9.38. The summed E-state index contributed by atoms with van der Waals surface area (Å²) < 4.78 is 17.9. The van der Waals surface area contributed by atoms with Gasteiger partial charge in [0.1, 0.15) is 5.82 Å². The summed E-state index contributed by atoms with van der Waals surface area (Å²) in [6.45, 7) is 6.35. The smallest absolute Gasteiger partial charge is 0.161 e. The van der Waals surface area contributed by atoms with Crippen LogP contribution in [0.3, 0.4) is 0 Å². The van der Waals surface area contributed by atoms with E-state index in [1.165, 1.54) is 29.1 Å². The number of imidazole rings is 1. The first-order valence-corrected chi connectivity index (χ1v) is 11.6. The average Bonchev–Trinajstić information content (AvgIpc) is 3.52. The highest BCUT2D eigenvalue weighted by atomic mass is 19.1. The van der Waals surface area contributed by atoms with E-state index >= 15 is 0 Å². The fourth-order valence-corrected chi connectivity index (χ4v) is 5.40. The van der Waals surface area contributed by atoms with E-state index in [-0.39, 0.29) is 5.82 Å². The number of halogens is 1. The molecule has 1 saturated heterocycles. The number of benzene rings is 2. The maximum Gasteiger partial charge on any atom is 0.161 e. The zero-order valence-corrected chi connectivity index (χ0v) is 19.0. The number of nitrogens with one attached hydrogen (secondary N) is 1. The van der Waals surface area contributed by atoms with Gasteiger partial charge < -0.3 is 14.8 Å². The second kappa shape index (κ2) is 7.89. The average molecular weight is 442 g/mol. The Hall–Kier alpha value is -3.38. The minimum atomic E-state index is -0.218. The maximum atomic E-state index is 13.4. The molecule has 1 N–H and O–H groups in total. The Balaban J connectivity index is 1.39. The quantitative estimate of drug-likeness (QED) is 0.435. The summed E-state index contributed by atoms with van der Waals surface area (Å²) in [5.74, 6) is 2.05. The molecule has 168 valence electrons. The number of anilines is 1. The Morgan fingerprint density at radius 2 is 1.91 bits per heavy atom. The Kier molecular flexibility index (Phi) is 4.84. The lowest BCUT2D eigenvalue weighted by Crippen LogP contribution is -2.25. The van der Waals surface area contributed by atoms with Gasteiger partial charge in [-0.15, -0.1) is 0 Å². The first-order valence-electron chi connectivity index (χ1n) is 11.6. The fraction of sp³-hybridized carbons (Fsp3) is 0.296. The third kappa shape index (κ3) is 3.45. The number of fused-ring (bicyclic) bond motifs is 5. The largest absolute Gasteiger partial charge is 0.371 e. The fourth-order valence-electron chi connectivity index (χ4n) is 5.40. The topological polar surface area (TPSA) is 38.0 Å². The van der Waals surface area contributed by atoms with E-state index in [1.54, 1.807) is 0 Å². The van der Waals surface area contributed by atoms with Gasteiger partial charge in [0.2, 0.25) is 0 Å². The Labute approximate surface area is 193 Å². The van der Waals surface area contributed by atoms with Crippen molar-refractivity contribution in [2.75, 3.05) is 31.6 Å². The standard InChI is InChI=1S/C27H28FN5/c1-18-14-31(17-22(18)13-29-2)24-7-8-25-21(11-24)16-32-15-20(19-3-5-23(28)6-4-19)12-26(32)27-30-9-10-33(25)27/h3-12,15,18,22,29H,13-14,16-17H2,1-2H3/t18-,22+/m0/s1. The van der Waals surface area contributed by atoms with Gasteiger partial charge in [-0.25, -0.2) is 9.37 Å². The number of hydrogen-bond acceptors (Lipinski definition) is 3. The van der Waals surface area contributed by atoms with Crippen molar-refractivity contribution < 1.29 is 4.39 Å². The predicted octanol–water partition coefficient (Wildman–Crippen LogP) is 4.80. The summed E-state index contributed by atoms with van der Waals surface area (Å²) in [4.78, 5) is 7.20. The first-order chi connectivity index (χ1) is 16.1. The van der Waals surface area contributed by atoms with Gasteiger partial charge in [0.15, 0.2) is 5.82 Å². The van der Waals surface area contributed by atoms with Gasteiger partial charge in [0.25, 0.3) is 0 Å². The SMILES string of the molecule is CNC[C@@H]1CN(c2ccc3c(c2)Cn2cc(-c4ccc(F)cc4)cc2-c2nccn2-3)C[C@@H]1C. The highest BCUT2D eigenvalue weighted by molar-refractivity contribution is 5.72. The summed E-state index contributed by atoms with van der Waals surface area (Å²) in [6.07, 6.45) is 6.05. The van der Waals surface area contributed by atoms with Gasteiger partial charge in [0.05, 0.1) is 11.4 Å². The molecule has 33 heavy (non-hydrogen) atoms. The van der Waals surface area contributed by atoms with E-state index in [0.717, 1.165) is 48.8 Å². The van der Waals surface area contributed by atoms with Crippen LogP contribution in [-0.2, 0) is 6.54 Å². The molecule has 0 spiro atoms. The summed E-state index contributed by atoms with van der Waals surface area (Å²) in [6, 6.07) is 15.7. The van der Waals surface area contributed by atoms with Crippen molar-refractivity contribution in [3.05, 3.63) is 78.5 Å². The van der Waals surface area contributed by atoms with Crippen LogP contribution < -0.4 is 10.2 Å². The zero-order chi connectivity index (χ0) is 22.5. The molecule has 2 aliphatic rings. The van der Waals surface area contributed by atoms with Gasteiger partial charge in [-0.05, 0) is 73.0 Å². The van der Waals surface area contributed by atoms with Crippen LogP contribution in [0, 0.1) is 17.7 Å². The highest BCUT2D eigenvalue weighted by Gasteiger charge is 2.30. The van der Waals surface area contributed by atoms with Crippen LogP contribution >= 0.6 is 0 Å². The zero-order valence-electron chi connectivity index (χ0n) is 19.0. The Bertz CT molecular complexity index is 1300. The lowest BCUT2D eigenvalue weighted by atomic mass is 9.98. The molecule has 0 saturated carbocycles. The van der Waals surface area contributed by atoms with Crippen molar-refractivity contribution in [1.82, 2.24) is 19.4 Å². The minimum Gasteiger partial charge on any atom is -0.371 e. The summed E-state index contributed by atoms with van der Waals surface area (Å²) in [5, 5.41) is 3.35.